The molecule has 0 radical (unpaired) electrons. The van der Waals surface area contributed by atoms with Gasteiger partial charge in [0.05, 0.1) is 0 Å². The first-order chi connectivity index (χ1) is 8.16. The van der Waals surface area contributed by atoms with Gasteiger partial charge in [-0.15, -0.1) is 0 Å². The lowest BCUT2D eigenvalue weighted by atomic mass is 9.83. The first kappa shape index (κ1) is 12.8. The third kappa shape index (κ3) is 3.43. The fourth-order valence-corrected chi connectivity index (χ4v) is 2.58. The highest BCUT2D eigenvalue weighted by molar-refractivity contribution is 6.31. The van der Waals surface area contributed by atoms with Crippen LogP contribution in [0.25, 0.3) is 0 Å². The Bertz CT molecular complexity index is 376. The number of hydrogen-bond acceptors (Lipinski definition) is 1. The molecule has 3 heteroatoms. The third-order valence-electron chi connectivity index (χ3n) is 3.66. The van der Waals surface area contributed by atoms with Crippen molar-refractivity contribution in [2.45, 2.75) is 38.6 Å². The molecular weight excluding hydrogens is 237 g/mol. The smallest absolute Gasteiger partial charge is 0.124 e. The molecule has 0 bridgehead atoms. The summed E-state index contributed by atoms with van der Waals surface area (Å²) in [6, 6.07) is 4.79. The minimum absolute atomic E-state index is 0.183. The van der Waals surface area contributed by atoms with E-state index in [-0.39, 0.29) is 11.9 Å². The van der Waals surface area contributed by atoms with Gasteiger partial charge in [0.2, 0.25) is 0 Å². The first-order valence-corrected chi connectivity index (χ1v) is 6.73. The average molecular weight is 256 g/mol. The predicted octanol–water partition coefficient (Wildman–Crippen LogP) is 4.32. The number of nitrogens with one attached hydrogen (secondary N) is 1. The summed E-state index contributed by atoms with van der Waals surface area (Å²) in [7, 11) is 0. The second-order valence-corrected chi connectivity index (χ2v) is 5.33. The lowest BCUT2D eigenvalue weighted by Crippen LogP contribution is -2.24. The van der Waals surface area contributed by atoms with Gasteiger partial charge in [-0.25, -0.2) is 4.39 Å². The van der Waals surface area contributed by atoms with Crippen molar-refractivity contribution >= 4 is 11.6 Å². The van der Waals surface area contributed by atoms with Crippen LogP contribution in [-0.4, -0.2) is 6.54 Å². The SMILES string of the molecule is CC(NCCC1CCC1)c1ccc(F)cc1Cl. The van der Waals surface area contributed by atoms with Crippen molar-refractivity contribution < 1.29 is 4.39 Å². The van der Waals surface area contributed by atoms with Gasteiger partial charge in [0.15, 0.2) is 0 Å². The largest absolute Gasteiger partial charge is 0.310 e. The Morgan fingerprint density at radius 3 is 2.82 bits per heavy atom. The lowest BCUT2D eigenvalue weighted by Gasteiger charge is -2.26. The first-order valence-electron chi connectivity index (χ1n) is 6.35. The molecule has 0 amide bonds. The molecule has 94 valence electrons. The minimum atomic E-state index is -0.277. The Kier molecular flexibility index (Phi) is 4.41. The molecule has 0 aliphatic heterocycles. The highest BCUT2D eigenvalue weighted by Gasteiger charge is 2.17. The van der Waals surface area contributed by atoms with Gasteiger partial charge in [-0.05, 0) is 43.5 Å². The molecule has 1 atom stereocenters. The fraction of sp³-hybridized carbons (Fsp3) is 0.571. The van der Waals surface area contributed by atoms with Crippen LogP contribution in [0.4, 0.5) is 4.39 Å². The van der Waals surface area contributed by atoms with Crippen molar-refractivity contribution in [3.63, 3.8) is 0 Å². The highest BCUT2D eigenvalue weighted by Crippen LogP contribution is 2.29. The molecule has 1 fully saturated rings. The van der Waals surface area contributed by atoms with Gasteiger partial charge < -0.3 is 5.32 Å². The monoisotopic (exact) mass is 255 g/mol. The van der Waals surface area contributed by atoms with E-state index in [9.17, 15) is 4.39 Å². The summed E-state index contributed by atoms with van der Waals surface area (Å²) >= 11 is 6.02. The molecule has 1 aromatic carbocycles. The topological polar surface area (TPSA) is 12.0 Å². The van der Waals surface area contributed by atoms with Gasteiger partial charge in [-0.1, -0.05) is 36.9 Å². The standard InChI is InChI=1S/C14H19ClFN/c1-10(17-8-7-11-3-2-4-11)13-6-5-12(16)9-14(13)15/h5-6,9-11,17H,2-4,7-8H2,1H3. The van der Waals surface area contributed by atoms with Crippen LogP contribution in [0, 0.1) is 11.7 Å². The van der Waals surface area contributed by atoms with Crippen molar-refractivity contribution in [3.8, 4) is 0 Å². The second-order valence-electron chi connectivity index (χ2n) is 4.93. The lowest BCUT2D eigenvalue weighted by molar-refractivity contribution is 0.288. The molecule has 0 heterocycles. The van der Waals surface area contributed by atoms with Crippen LogP contribution in [0.3, 0.4) is 0 Å². The van der Waals surface area contributed by atoms with Crippen molar-refractivity contribution in [1.29, 1.82) is 0 Å². The Morgan fingerprint density at radius 1 is 1.47 bits per heavy atom. The molecule has 0 spiro atoms. The zero-order valence-corrected chi connectivity index (χ0v) is 10.9. The van der Waals surface area contributed by atoms with E-state index in [4.69, 9.17) is 11.6 Å². The molecule has 1 nitrogen and oxygen atoms in total. The molecule has 0 aromatic heterocycles. The molecule has 1 saturated carbocycles. The molecular formula is C14H19ClFN. The molecule has 1 N–H and O–H groups in total. The van der Waals surface area contributed by atoms with Crippen LogP contribution in [0.15, 0.2) is 18.2 Å². The van der Waals surface area contributed by atoms with Crippen molar-refractivity contribution in [1.82, 2.24) is 5.32 Å². The highest BCUT2D eigenvalue weighted by atomic mass is 35.5. The van der Waals surface area contributed by atoms with E-state index in [0.29, 0.717) is 5.02 Å². The van der Waals surface area contributed by atoms with E-state index in [0.717, 1.165) is 18.0 Å². The van der Waals surface area contributed by atoms with E-state index >= 15 is 0 Å². The minimum Gasteiger partial charge on any atom is -0.310 e. The number of hydrogen-bond donors (Lipinski definition) is 1. The van der Waals surface area contributed by atoms with Gasteiger partial charge in [0.1, 0.15) is 5.82 Å². The second kappa shape index (κ2) is 5.83. The number of halogens is 2. The van der Waals surface area contributed by atoms with Gasteiger partial charge in [-0.2, -0.15) is 0 Å². The summed E-state index contributed by atoms with van der Waals surface area (Å²) < 4.78 is 12.9. The molecule has 1 aliphatic carbocycles. The third-order valence-corrected chi connectivity index (χ3v) is 3.98. The summed E-state index contributed by atoms with van der Waals surface area (Å²) in [4.78, 5) is 0. The van der Waals surface area contributed by atoms with Gasteiger partial charge in [-0.3, -0.25) is 0 Å². The van der Waals surface area contributed by atoms with Gasteiger partial charge in [0.25, 0.3) is 0 Å². The number of benzene rings is 1. The molecule has 1 aromatic rings. The maximum atomic E-state index is 12.9. The van der Waals surface area contributed by atoms with Crippen LogP contribution >= 0.6 is 11.6 Å². The van der Waals surface area contributed by atoms with Crippen molar-refractivity contribution in [2.75, 3.05) is 6.54 Å². The molecule has 0 saturated heterocycles. The van der Waals surface area contributed by atoms with Crippen molar-refractivity contribution in [3.05, 3.63) is 34.6 Å². The van der Waals surface area contributed by atoms with E-state index in [1.54, 1.807) is 6.07 Å². The molecule has 1 unspecified atom stereocenters. The maximum Gasteiger partial charge on any atom is 0.124 e. The van der Waals surface area contributed by atoms with E-state index in [2.05, 4.69) is 12.2 Å². The normalized spacial score (nSPS) is 17.8. The Hall–Kier alpha value is -0.600. The molecule has 1 aliphatic rings. The van der Waals surface area contributed by atoms with Crippen LogP contribution in [0.5, 0.6) is 0 Å². The van der Waals surface area contributed by atoms with Gasteiger partial charge in [0, 0.05) is 11.1 Å². The average Bonchev–Trinajstić information content (AvgIpc) is 2.21. The van der Waals surface area contributed by atoms with Crippen LogP contribution in [-0.2, 0) is 0 Å². The van der Waals surface area contributed by atoms with E-state index < -0.39 is 0 Å². The predicted molar refractivity (Wildman–Crippen MR) is 69.8 cm³/mol. The van der Waals surface area contributed by atoms with Crippen LogP contribution in [0.2, 0.25) is 5.02 Å². The molecule has 2 rings (SSSR count). The summed E-state index contributed by atoms with van der Waals surface area (Å²) in [6.45, 7) is 3.08. The van der Waals surface area contributed by atoms with Crippen LogP contribution in [0.1, 0.15) is 44.2 Å². The number of rotatable bonds is 5. The van der Waals surface area contributed by atoms with E-state index in [1.807, 2.05) is 0 Å². The van der Waals surface area contributed by atoms with E-state index in [1.165, 1.54) is 37.8 Å². The van der Waals surface area contributed by atoms with Gasteiger partial charge >= 0.3 is 0 Å². The Morgan fingerprint density at radius 2 is 2.24 bits per heavy atom. The fourth-order valence-electron chi connectivity index (χ4n) is 2.25. The zero-order chi connectivity index (χ0) is 12.3. The quantitative estimate of drug-likeness (QED) is 0.826. The van der Waals surface area contributed by atoms with Crippen LogP contribution < -0.4 is 5.32 Å². The Labute approximate surface area is 107 Å². The summed E-state index contributed by atoms with van der Waals surface area (Å²) in [6.07, 6.45) is 5.40. The maximum absolute atomic E-state index is 12.9. The summed E-state index contributed by atoms with van der Waals surface area (Å²) in [5.74, 6) is 0.638. The zero-order valence-electron chi connectivity index (χ0n) is 10.2. The van der Waals surface area contributed by atoms with Crippen molar-refractivity contribution in [2.24, 2.45) is 5.92 Å². The molecule has 17 heavy (non-hydrogen) atoms. The Balaban J connectivity index is 1.83. The summed E-state index contributed by atoms with van der Waals surface area (Å²) in [5, 5.41) is 3.96. The summed E-state index contributed by atoms with van der Waals surface area (Å²) in [5.41, 5.74) is 0.974.